The number of rotatable bonds is 6. The molecule has 1 aliphatic heterocycles. The lowest BCUT2D eigenvalue weighted by Crippen LogP contribution is -2.51. The molecule has 1 saturated heterocycles. The van der Waals surface area contributed by atoms with Crippen LogP contribution in [-0.4, -0.2) is 32.3 Å². The van der Waals surface area contributed by atoms with E-state index in [-0.39, 0.29) is 23.1 Å². The summed E-state index contributed by atoms with van der Waals surface area (Å²) in [5.41, 5.74) is 2.24. The van der Waals surface area contributed by atoms with Crippen molar-refractivity contribution in [3.63, 3.8) is 0 Å². The van der Waals surface area contributed by atoms with Crippen molar-refractivity contribution in [1.29, 1.82) is 0 Å². The molecule has 30 heavy (non-hydrogen) atoms. The van der Waals surface area contributed by atoms with E-state index < -0.39 is 8.32 Å². The van der Waals surface area contributed by atoms with E-state index in [9.17, 15) is 4.79 Å². The van der Waals surface area contributed by atoms with Crippen LogP contribution >= 0.6 is 0 Å². The summed E-state index contributed by atoms with van der Waals surface area (Å²) in [6.45, 7) is 11.9. The summed E-state index contributed by atoms with van der Waals surface area (Å²) in [7, 11) is -0.313. The second kappa shape index (κ2) is 8.94. The minimum atomic E-state index is -1.98. The summed E-state index contributed by atoms with van der Waals surface area (Å²) in [5.74, 6) is 1.01. The van der Waals surface area contributed by atoms with Crippen molar-refractivity contribution in [2.75, 3.05) is 7.11 Å². The first-order chi connectivity index (χ1) is 14.1. The highest BCUT2D eigenvalue weighted by Crippen LogP contribution is 2.42. The molecule has 2 aromatic rings. The SMILES string of the molecule is COc1ccc(CN2C(=O)CC[C@H](O[Si](C)(C)C(C)(C)C)[C@@H]2c2ccccc2)cc1. The Labute approximate surface area is 182 Å². The van der Waals surface area contributed by atoms with Crippen LogP contribution in [0.25, 0.3) is 0 Å². The molecule has 0 radical (unpaired) electrons. The van der Waals surface area contributed by atoms with E-state index >= 15 is 0 Å². The first-order valence-corrected chi connectivity index (χ1v) is 13.7. The molecule has 0 unspecified atom stereocenters. The van der Waals surface area contributed by atoms with Crippen LogP contribution in [0.3, 0.4) is 0 Å². The minimum absolute atomic E-state index is 0.00393. The predicted octanol–water partition coefficient (Wildman–Crippen LogP) is 5.95. The summed E-state index contributed by atoms with van der Waals surface area (Å²) in [4.78, 5) is 15.1. The summed E-state index contributed by atoms with van der Waals surface area (Å²) in [6.07, 6.45) is 1.30. The van der Waals surface area contributed by atoms with Crippen LogP contribution in [0.15, 0.2) is 54.6 Å². The molecule has 4 nitrogen and oxygen atoms in total. The Morgan fingerprint density at radius 3 is 2.23 bits per heavy atom. The number of carbonyl (C=O) groups is 1. The third-order valence-corrected chi connectivity index (χ3v) is 11.1. The van der Waals surface area contributed by atoms with Crippen LogP contribution in [0.1, 0.15) is 50.8 Å². The molecule has 0 bridgehead atoms. The van der Waals surface area contributed by atoms with Crippen LogP contribution in [-0.2, 0) is 15.8 Å². The zero-order valence-electron chi connectivity index (χ0n) is 19.1. The van der Waals surface area contributed by atoms with Crippen molar-refractivity contribution in [3.05, 3.63) is 65.7 Å². The summed E-state index contributed by atoms with van der Waals surface area (Å²) >= 11 is 0. The summed E-state index contributed by atoms with van der Waals surface area (Å²) in [5, 5.41) is 0.122. The van der Waals surface area contributed by atoms with Gasteiger partial charge < -0.3 is 14.1 Å². The van der Waals surface area contributed by atoms with Gasteiger partial charge >= 0.3 is 0 Å². The molecule has 3 rings (SSSR count). The summed E-state index contributed by atoms with van der Waals surface area (Å²) < 4.78 is 12.2. The van der Waals surface area contributed by atoms with Gasteiger partial charge in [0.05, 0.1) is 19.3 Å². The van der Waals surface area contributed by atoms with Crippen LogP contribution in [0, 0.1) is 0 Å². The lowest BCUT2D eigenvalue weighted by atomic mass is 9.91. The average molecular weight is 426 g/mol. The van der Waals surface area contributed by atoms with Crippen molar-refractivity contribution in [2.45, 2.75) is 70.4 Å². The molecule has 0 aromatic heterocycles. The molecule has 162 valence electrons. The lowest BCUT2D eigenvalue weighted by molar-refractivity contribution is -0.142. The van der Waals surface area contributed by atoms with E-state index in [0.717, 1.165) is 23.3 Å². The second-order valence-corrected chi connectivity index (χ2v) is 14.4. The second-order valence-electron chi connectivity index (χ2n) is 9.68. The Bertz CT molecular complexity index is 843. The number of hydrogen-bond donors (Lipinski definition) is 0. The maximum absolute atomic E-state index is 13.1. The molecule has 0 aliphatic carbocycles. The fourth-order valence-electron chi connectivity index (χ4n) is 3.76. The first kappa shape index (κ1) is 22.6. The first-order valence-electron chi connectivity index (χ1n) is 10.8. The van der Waals surface area contributed by atoms with Crippen molar-refractivity contribution in [3.8, 4) is 5.75 Å². The quantitative estimate of drug-likeness (QED) is 0.537. The third-order valence-electron chi connectivity index (χ3n) is 6.56. The fourth-order valence-corrected chi connectivity index (χ4v) is 5.12. The molecule has 0 saturated carbocycles. The zero-order chi connectivity index (χ0) is 21.9. The van der Waals surface area contributed by atoms with E-state index in [4.69, 9.17) is 9.16 Å². The smallest absolute Gasteiger partial charge is 0.223 e. The standard InChI is InChI=1S/C25H35NO3Si/c1-25(2,3)30(5,6)29-22-16-17-23(27)26(24(22)20-10-8-7-9-11-20)18-19-12-14-21(28-4)15-13-19/h7-15,22,24H,16-18H2,1-6H3/t22-,24-/m0/s1. The molecule has 1 aliphatic rings. The van der Waals surface area contributed by atoms with Crippen molar-refractivity contribution in [1.82, 2.24) is 4.90 Å². The molecule has 1 heterocycles. The van der Waals surface area contributed by atoms with Gasteiger partial charge in [-0.2, -0.15) is 0 Å². The minimum Gasteiger partial charge on any atom is -0.497 e. The van der Waals surface area contributed by atoms with E-state index in [1.54, 1.807) is 7.11 Å². The van der Waals surface area contributed by atoms with Crippen LogP contribution in [0.2, 0.25) is 18.1 Å². The van der Waals surface area contributed by atoms with Gasteiger partial charge in [-0.3, -0.25) is 4.79 Å². The molecule has 2 aromatic carbocycles. The van der Waals surface area contributed by atoms with Crippen LogP contribution in [0.4, 0.5) is 0 Å². The maximum atomic E-state index is 13.1. The molecule has 1 fully saturated rings. The fraction of sp³-hybridized carbons (Fsp3) is 0.480. The Balaban J connectivity index is 1.94. The van der Waals surface area contributed by atoms with Gasteiger partial charge in [-0.25, -0.2) is 0 Å². The number of methoxy groups -OCH3 is 1. The number of ether oxygens (including phenoxy) is 1. The Morgan fingerprint density at radius 1 is 1.03 bits per heavy atom. The van der Waals surface area contributed by atoms with Gasteiger partial charge in [0, 0.05) is 13.0 Å². The van der Waals surface area contributed by atoms with Gasteiger partial charge in [0.2, 0.25) is 5.91 Å². The largest absolute Gasteiger partial charge is 0.497 e. The Kier molecular flexibility index (Phi) is 6.73. The monoisotopic (exact) mass is 425 g/mol. The highest BCUT2D eigenvalue weighted by Gasteiger charge is 2.44. The van der Waals surface area contributed by atoms with E-state index in [0.29, 0.717) is 13.0 Å². The van der Waals surface area contributed by atoms with E-state index in [1.807, 2.05) is 47.4 Å². The number of likely N-dealkylation sites (tertiary alicyclic amines) is 1. The Morgan fingerprint density at radius 2 is 1.67 bits per heavy atom. The van der Waals surface area contributed by atoms with Crippen molar-refractivity contribution >= 4 is 14.2 Å². The van der Waals surface area contributed by atoms with E-state index in [1.165, 1.54) is 0 Å². The highest BCUT2D eigenvalue weighted by molar-refractivity contribution is 6.74. The number of piperidine rings is 1. The molecule has 2 atom stereocenters. The normalized spacial score (nSPS) is 20.3. The van der Waals surface area contributed by atoms with Gasteiger partial charge in [0.1, 0.15) is 5.75 Å². The van der Waals surface area contributed by atoms with Gasteiger partial charge in [-0.05, 0) is 47.8 Å². The van der Waals surface area contributed by atoms with Gasteiger partial charge in [0.25, 0.3) is 0 Å². The summed E-state index contributed by atoms with van der Waals surface area (Å²) in [6, 6.07) is 18.2. The number of hydrogen-bond acceptors (Lipinski definition) is 3. The van der Waals surface area contributed by atoms with Crippen LogP contribution in [0.5, 0.6) is 5.75 Å². The van der Waals surface area contributed by atoms with Crippen molar-refractivity contribution in [2.24, 2.45) is 0 Å². The number of benzene rings is 2. The molecule has 0 spiro atoms. The maximum Gasteiger partial charge on any atom is 0.223 e. The number of nitrogens with zero attached hydrogens (tertiary/aromatic N) is 1. The number of carbonyl (C=O) groups excluding carboxylic acids is 1. The molecule has 0 N–H and O–H groups in total. The zero-order valence-corrected chi connectivity index (χ0v) is 20.1. The van der Waals surface area contributed by atoms with Gasteiger partial charge in [-0.15, -0.1) is 0 Å². The molecule has 5 heteroatoms. The number of amides is 1. The van der Waals surface area contributed by atoms with Gasteiger partial charge in [-0.1, -0.05) is 63.2 Å². The Hall–Kier alpha value is -2.11. The van der Waals surface area contributed by atoms with Gasteiger partial charge in [0.15, 0.2) is 8.32 Å². The van der Waals surface area contributed by atoms with E-state index in [2.05, 4.69) is 46.0 Å². The lowest BCUT2D eigenvalue weighted by Gasteiger charge is -2.47. The third kappa shape index (κ3) is 4.95. The highest BCUT2D eigenvalue weighted by atomic mass is 28.4. The molecular weight excluding hydrogens is 390 g/mol. The topological polar surface area (TPSA) is 38.8 Å². The molecular formula is C25H35NO3Si. The predicted molar refractivity (Wildman–Crippen MR) is 124 cm³/mol. The van der Waals surface area contributed by atoms with Crippen LogP contribution < -0.4 is 4.74 Å². The van der Waals surface area contributed by atoms with Crippen molar-refractivity contribution < 1.29 is 14.0 Å². The average Bonchev–Trinajstić information content (AvgIpc) is 2.70. The molecule has 1 amide bonds.